The fraction of sp³-hybridized carbons (Fsp3) is 0.467. The summed E-state index contributed by atoms with van der Waals surface area (Å²) in [5.74, 6) is 0.697. The Bertz CT molecular complexity index is 588. The Morgan fingerprint density at radius 3 is 3.23 bits per heavy atom. The van der Waals surface area contributed by atoms with Gasteiger partial charge in [0, 0.05) is 35.8 Å². The van der Waals surface area contributed by atoms with Crippen LogP contribution in [0.2, 0.25) is 0 Å². The number of nitrogens with zero attached hydrogens (tertiary/aromatic N) is 1. The van der Waals surface area contributed by atoms with Gasteiger partial charge in [-0.15, -0.1) is 11.8 Å². The van der Waals surface area contributed by atoms with Gasteiger partial charge in [0.1, 0.15) is 5.82 Å². The van der Waals surface area contributed by atoms with E-state index >= 15 is 0 Å². The zero-order chi connectivity index (χ0) is 15.4. The standard InChI is InChI=1S/C15H18FN3OS2/c16-10-3-4-14-12(8-10)13(5-7-22-14)18-19-15(21)17-9-11-2-1-6-20-11/h3-4,8,11H,1-2,5-7,9H2,(H2,17,19,21)/b18-13-. The molecule has 2 heterocycles. The second-order valence-electron chi connectivity index (χ2n) is 5.25. The van der Waals surface area contributed by atoms with E-state index in [0.29, 0.717) is 11.7 Å². The first-order valence-corrected chi connectivity index (χ1v) is 8.76. The lowest BCUT2D eigenvalue weighted by molar-refractivity contribution is 0.114. The van der Waals surface area contributed by atoms with E-state index in [0.717, 1.165) is 47.8 Å². The van der Waals surface area contributed by atoms with Crippen LogP contribution in [0.5, 0.6) is 0 Å². The van der Waals surface area contributed by atoms with Crippen molar-refractivity contribution in [3.05, 3.63) is 29.6 Å². The number of hydrazone groups is 1. The van der Waals surface area contributed by atoms with Crippen LogP contribution >= 0.6 is 24.0 Å². The van der Waals surface area contributed by atoms with Crippen molar-refractivity contribution >= 4 is 34.8 Å². The first-order chi connectivity index (χ1) is 10.7. The van der Waals surface area contributed by atoms with Crippen LogP contribution in [0.3, 0.4) is 0 Å². The molecule has 1 aromatic rings. The number of rotatable bonds is 3. The van der Waals surface area contributed by atoms with Gasteiger partial charge in [0.25, 0.3) is 0 Å². The van der Waals surface area contributed by atoms with Crippen LogP contribution in [0.25, 0.3) is 0 Å². The molecule has 0 spiro atoms. The van der Waals surface area contributed by atoms with Crippen molar-refractivity contribution in [2.75, 3.05) is 18.9 Å². The SMILES string of the molecule is Fc1ccc2c(c1)/C(=N\NC(=S)NCC1CCCO1)CCS2. The maximum atomic E-state index is 13.4. The highest BCUT2D eigenvalue weighted by Crippen LogP contribution is 2.30. The quantitative estimate of drug-likeness (QED) is 0.655. The number of hydrogen-bond acceptors (Lipinski definition) is 4. The Hall–Kier alpha value is -1.18. The van der Waals surface area contributed by atoms with Gasteiger partial charge in [-0.3, -0.25) is 5.43 Å². The molecule has 1 aromatic carbocycles. The number of ether oxygens (including phenoxy) is 1. The summed E-state index contributed by atoms with van der Waals surface area (Å²) in [5, 5.41) is 7.93. The second-order valence-corrected chi connectivity index (χ2v) is 6.80. The number of nitrogens with one attached hydrogen (secondary N) is 2. The average Bonchev–Trinajstić information content (AvgIpc) is 3.04. The molecule has 1 saturated heterocycles. The molecule has 3 rings (SSSR count). The smallest absolute Gasteiger partial charge is 0.187 e. The molecule has 1 atom stereocenters. The molecule has 4 nitrogen and oxygen atoms in total. The zero-order valence-electron chi connectivity index (χ0n) is 12.1. The van der Waals surface area contributed by atoms with Crippen molar-refractivity contribution in [2.45, 2.75) is 30.3 Å². The van der Waals surface area contributed by atoms with E-state index < -0.39 is 0 Å². The maximum Gasteiger partial charge on any atom is 0.187 e. The van der Waals surface area contributed by atoms with Crippen molar-refractivity contribution in [1.82, 2.24) is 10.7 Å². The molecule has 0 bridgehead atoms. The first-order valence-electron chi connectivity index (χ1n) is 7.37. The van der Waals surface area contributed by atoms with Gasteiger partial charge in [-0.1, -0.05) is 0 Å². The minimum atomic E-state index is -0.243. The lowest BCUT2D eigenvalue weighted by Gasteiger charge is -2.18. The molecule has 0 aromatic heterocycles. The molecular formula is C15H18FN3OS2. The summed E-state index contributed by atoms with van der Waals surface area (Å²) in [4.78, 5) is 1.06. The molecule has 118 valence electrons. The lowest BCUT2D eigenvalue weighted by atomic mass is 10.1. The molecule has 1 fully saturated rings. The molecule has 0 amide bonds. The van der Waals surface area contributed by atoms with E-state index in [-0.39, 0.29) is 11.9 Å². The van der Waals surface area contributed by atoms with Gasteiger partial charge in [0.15, 0.2) is 5.11 Å². The van der Waals surface area contributed by atoms with Crippen LogP contribution in [-0.2, 0) is 4.74 Å². The minimum Gasteiger partial charge on any atom is -0.376 e. The number of fused-ring (bicyclic) bond motifs is 1. The van der Waals surface area contributed by atoms with E-state index in [4.69, 9.17) is 17.0 Å². The third-order valence-corrected chi connectivity index (χ3v) is 4.97. The monoisotopic (exact) mass is 339 g/mol. The van der Waals surface area contributed by atoms with Gasteiger partial charge in [-0.25, -0.2) is 4.39 Å². The molecule has 0 aliphatic carbocycles. The topological polar surface area (TPSA) is 45.7 Å². The predicted octanol–water partition coefficient (Wildman–Crippen LogP) is 2.67. The Labute approximate surface area is 138 Å². The van der Waals surface area contributed by atoms with E-state index in [1.807, 2.05) is 0 Å². The summed E-state index contributed by atoms with van der Waals surface area (Å²) >= 11 is 6.94. The first kappa shape index (κ1) is 15.7. The fourth-order valence-corrected chi connectivity index (χ4v) is 3.67. The Balaban J connectivity index is 1.58. The normalized spacial score (nSPS) is 22.4. The number of halogens is 1. The summed E-state index contributed by atoms with van der Waals surface area (Å²) in [7, 11) is 0. The molecule has 7 heteroatoms. The molecule has 2 aliphatic heterocycles. The van der Waals surface area contributed by atoms with Crippen LogP contribution in [0.15, 0.2) is 28.2 Å². The molecular weight excluding hydrogens is 321 g/mol. The highest BCUT2D eigenvalue weighted by atomic mass is 32.2. The molecule has 2 aliphatic rings. The van der Waals surface area contributed by atoms with Gasteiger partial charge in [0.05, 0.1) is 11.8 Å². The molecule has 1 unspecified atom stereocenters. The van der Waals surface area contributed by atoms with Gasteiger partial charge in [-0.2, -0.15) is 5.10 Å². The Morgan fingerprint density at radius 1 is 1.50 bits per heavy atom. The van der Waals surface area contributed by atoms with E-state index in [1.54, 1.807) is 17.8 Å². The highest BCUT2D eigenvalue weighted by Gasteiger charge is 2.18. The van der Waals surface area contributed by atoms with Crippen LogP contribution in [0.4, 0.5) is 4.39 Å². The number of benzene rings is 1. The number of hydrogen-bond donors (Lipinski definition) is 2. The zero-order valence-corrected chi connectivity index (χ0v) is 13.7. The van der Waals surface area contributed by atoms with Gasteiger partial charge in [-0.05, 0) is 43.3 Å². The summed E-state index contributed by atoms with van der Waals surface area (Å²) in [6, 6.07) is 4.82. The summed E-state index contributed by atoms with van der Waals surface area (Å²) < 4.78 is 19.0. The van der Waals surface area contributed by atoms with Crippen molar-refractivity contribution in [2.24, 2.45) is 5.10 Å². The summed E-state index contributed by atoms with van der Waals surface area (Å²) in [5.41, 5.74) is 4.55. The van der Waals surface area contributed by atoms with Crippen molar-refractivity contribution in [3.63, 3.8) is 0 Å². The second kappa shape index (κ2) is 7.39. The third kappa shape index (κ3) is 3.97. The maximum absolute atomic E-state index is 13.4. The number of thiocarbonyl (C=S) groups is 1. The Morgan fingerprint density at radius 2 is 2.41 bits per heavy atom. The van der Waals surface area contributed by atoms with Crippen molar-refractivity contribution < 1.29 is 9.13 Å². The Kier molecular flexibility index (Phi) is 5.28. The van der Waals surface area contributed by atoms with Gasteiger partial charge < -0.3 is 10.1 Å². The lowest BCUT2D eigenvalue weighted by Crippen LogP contribution is -2.37. The summed E-state index contributed by atoms with van der Waals surface area (Å²) in [6.45, 7) is 1.52. The highest BCUT2D eigenvalue weighted by molar-refractivity contribution is 7.99. The van der Waals surface area contributed by atoms with Crippen LogP contribution < -0.4 is 10.7 Å². The molecule has 0 radical (unpaired) electrons. The van der Waals surface area contributed by atoms with E-state index in [2.05, 4.69) is 15.8 Å². The fourth-order valence-electron chi connectivity index (χ4n) is 2.53. The third-order valence-electron chi connectivity index (χ3n) is 3.66. The van der Waals surface area contributed by atoms with Crippen LogP contribution in [-0.4, -0.2) is 35.8 Å². The average molecular weight is 339 g/mol. The number of thioether (sulfide) groups is 1. The van der Waals surface area contributed by atoms with E-state index in [1.165, 1.54) is 12.1 Å². The van der Waals surface area contributed by atoms with Gasteiger partial charge >= 0.3 is 0 Å². The predicted molar refractivity (Wildman–Crippen MR) is 91.0 cm³/mol. The van der Waals surface area contributed by atoms with Crippen molar-refractivity contribution in [3.8, 4) is 0 Å². The van der Waals surface area contributed by atoms with Crippen LogP contribution in [0, 0.1) is 5.82 Å². The van der Waals surface area contributed by atoms with Crippen molar-refractivity contribution in [1.29, 1.82) is 0 Å². The largest absolute Gasteiger partial charge is 0.376 e. The minimum absolute atomic E-state index is 0.230. The molecule has 2 N–H and O–H groups in total. The van der Waals surface area contributed by atoms with E-state index in [9.17, 15) is 4.39 Å². The molecule has 0 saturated carbocycles. The van der Waals surface area contributed by atoms with Gasteiger partial charge in [0.2, 0.25) is 0 Å². The summed E-state index contributed by atoms with van der Waals surface area (Å²) in [6.07, 6.45) is 3.19. The van der Waals surface area contributed by atoms with Crippen LogP contribution in [0.1, 0.15) is 24.8 Å². The molecule has 22 heavy (non-hydrogen) atoms.